The number of rotatable bonds is 4. The normalized spacial score (nSPS) is 14.0. The van der Waals surface area contributed by atoms with Crippen molar-refractivity contribution in [1.29, 1.82) is 0 Å². The van der Waals surface area contributed by atoms with Gasteiger partial charge in [-0.05, 0) is 43.3 Å². The van der Waals surface area contributed by atoms with Crippen molar-refractivity contribution in [3.8, 4) is 0 Å². The smallest absolute Gasteiger partial charge is 0.253 e. The average Bonchev–Trinajstić information content (AvgIpc) is 2.76. The van der Waals surface area contributed by atoms with Crippen molar-refractivity contribution >= 4 is 23.2 Å². The van der Waals surface area contributed by atoms with Gasteiger partial charge in [-0.3, -0.25) is 4.79 Å². The Kier molecular flexibility index (Phi) is 5.19. The zero-order valence-electron chi connectivity index (χ0n) is 15.9. The molecule has 0 spiro atoms. The maximum Gasteiger partial charge on any atom is 0.253 e. The number of carbonyl (C=O) groups excluding carboxylic acids is 1. The van der Waals surface area contributed by atoms with Crippen molar-refractivity contribution < 1.29 is 4.79 Å². The van der Waals surface area contributed by atoms with Gasteiger partial charge in [0, 0.05) is 37.4 Å². The van der Waals surface area contributed by atoms with Crippen molar-refractivity contribution in [2.24, 2.45) is 0 Å². The number of aryl methyl sites for hydroxylation is 1. The van der Waals surface area contributed by atoms with Gasteiger partial charge in [0.2, 0.25) is 0 Å². The summed E-state index contributed by atoms with van der Waals surface area (Å²) in [6, 6.07) is 21.5. The van der Waals surface area contributed by atoms with Crippen LogP contribution in [0.3, 0.4) is 0 Å². The van der Waals surface area contributed by atoms with E-state index in [4.69, 9.17) is 0 Å². The summed E-state index contributed by atoms with van der Waals surface area (Å²) in [4.78, 5) is 16.6. The molecule has 2 aromatic carbocycles. The third kappa shape index (κ3) is 4.11. The van der Waals surface area contributed by atoms with E-state index in [1.165, 1.54) is 5.56 Å². The molecule has 0 radical (unpaired) electrons. The third-order valence-corrected chi connectivity index (χ3v) is 4.89. The monoisotopic (exact) mass is 373 g/mol. The summed E-state index contributed by atoms with van der Waals surface area (Å²) in [6.07, 6.45) is 0. The summed E-state index contributed by atoms with van der Waals surface area (Å²) >= 11 is 0. The van der Waals surface area contributed by atoms with Crippen LogP contribution >= 0.6 is 0 Å². The van der Waals surface area contributed by atoms with Crippen LogP contribution < -0.4 is 10.2 Å². The van der Waals surface area contributed by atoms with E-state index in [0.717, 1.165) is 30.2 Å². The minimum Gasteiger partial charge on any atom is -0.352 e. The molecule has 0 bridgehead atoms. The van der Waals surface area contributed by atoms with Crippen molar-refractivity contribution in [3.05, 3.63) is 77.9 Å². The van der Waals surface area contributed by atoms with Crippen molar-refractivity contribution in [2.75, 3.05) is 36.4 Å². The van der Waals surface area contributed by atoms with Gasteiger partial charge in [0.05, 0.1) is 0 Å². The van der Waals surface area contributed by atoms with E-state index < -0.39 is 0 Å². The predicted octanol–water partition coefficient (Wildman–Crippen LogP) is 3.49. The van der Waals surface area contributed by atoms with Gasteiger partial charge in [-0.15, -0.1) is 10.2 Å². The molecule has 1 aliphatic heterocycles. The maximum atomic E-state index is 12.6. The first-order valence-corrected chi connectivity index (χ1v) is 9.46. The van der Waals surface area contributed by atoms with E-state index in [0.29, 0.717) is 18.9 Å². The molecule has 1 saturated heterocycles. The van der Waals surface area contributed by atoms with E-state index >= 15 is 0 Å². The fourth-order valence-electron chi connectivity index (χ4n) is 3.25. The zero-order chi connectivity index (χ0) is 19.3. The predicted molar refractivity (Wildman–Crippen MR) is 111 cm³/mol. The lowest BCUT2D eigenvalue weighted by molar-refractivity contribution is 0.0746. The van der Waals surface area contributed by atoms with Crippen LogP contribution in [0.4, 0.5) is 17.3 Å². The van der Waals surface area contributed by atoms with Gasteiger partial charge < -0.3 is 15.1 Å². The van der Waals surface area contributed by atoms with Crippen LogP contribution in [0.25, 0.3) is 0 Å². The second kappa shape index (κ2) is 8.08. The van der Waals surface area contributed by atoms with Gasteiger partial charge in [-0.25, -0.2) is 0 Å². The Balaban J connectivity index is 1.34. The summed E-state index contributed by atoms with van der Waals surface area (Å²) < 4.78 is 0. The Morgan fingerprint density at radius 1 is 0.857 bits per heavy atom. The molecule has 1 N–H and O–H groups in total. The molecule has 1 amide bonds. The number of aromatic nitrogens is 2. The highest BCUT2D eigenvalue weighted by molar-refractivity contribution is 5.94. The summed E-state index contributed by atoms with van der Waals surface area (Å²) in [6.45, 7) is 4.92. The molecular formula is C22H23N5O. The highest BCUT2D eigenvalue weighted by Crippen LogP contribution is 2.18. The van der Waals surface area contributed by atoms with Gasteiger partial charge >= 0.3 is 0 Å². The molecule has 0 aliphatic carbocycles. The van der Waals surface area contributed by atoms with Gasteiger partial charge in [0.15, 0.2) is 11.6 Å². The molecule has 28 heavy (non-hydrogen) atoms. The first kappa shape index (κ1) is 18.0. The Hall–Kier alpha value is -3.41. The number of benzene rings is 2. The topological polar surface area (TPSA) is 61.4 Å². The second-order valence-corrected chi connectivity index (χ2v) is 6.91. The summed E-state index contributed by atoms with van der Waals surface area (Å²) in [7, 11) is 0. The first-order valence-electron chi connectivity index (χ1n) is 9.46. The van der Waals surface area contributed by atoms with E-state index in [-0.39, 0.29) is 5.91 Å². The maximum absolute atomic E-state index is 12.6. The average molecular weight is 373 g/mol. The Labute approximate surface area is 164 Å². The number of hydrogen-bond donors (Lipinski definition) is 1. The molecule has 4 rings (SSSR count). The highest BCUT2D eigenvalue weighted by Gasteiger charge is 2.22. The van der Waals surface area contributed by atoms with Crippen LogP contribution in [-0.2, 0) is 0 Å². The number of piperazine rings is 1. The third-order valence-electron chi connectivity index (χ3n) is 4.89. The summed E-state index contributed by atoms with van der Waals surface area (Å²) in [5, 5.41) is 11.9. The van der Waals surface area contributed by atoms with Crippen molar-refractivity contribution in [2.45, 2.75) is 6.92 Å². The van der Waals surface area contributed by atoms with E-state index in [1.54, 1.807) is 0 Å². The van der Waals surface area contributed by atoms with Gasteiger partial charge in [-0.1, -0.05) is 35.9 Å². The standard InChI is InChI=1S/C22H23N5O/c1-17-7-9-19(10-8-17)23-20-11-12-21(25-24-20)26-13-15-27(16-14-26)22(28)18-5-3-2-4-6-18/h2-12H,13-16H2,1H3,(H,23,24). The summed E-state index contributed by atoms with van der Waals surface area (Å²) in [5.74, 6) is 1.63. The number of anilines is 3. The largest absolute Gasteiger partial charge is 0.352 e. The van der Waals surface area contributed by atoms with Crippen LogP contribution in [0.5, 0.6) is 0 Å². The minimum atomic E-state index is 0.0870. The Bertz CT molecular complexity index is 917. The van der Waals surface area contributed by atoms with Crippen molar-refractivity contribution in [1.82, 2.24) is 15.1 Å². The zero-order valence-corrected chi connectivity index (χ0v) is 15.9. The van der Waals surface area contributed by atoms with Gasteiger partial charge in [0.1, 0.15) is 0 Å². The number of hydrogen-bond acceptors (Lipinski definition) is 5. The number of carbonyl (C=O) groups is 1. The van der Waals surface area contributed by atoms with Gasteiger partial charge in [-0.2, -0.15) is 0 Å². The van der Waals surface area contributed by atoms with E-state index in [2.05, 4.69) is 39.5 Å². The van der Waals surface area contributed by atoms with E-state index in [1.807, 2.05) is 59.5 Å². The quantitative estimate of drug-likeness (QED) is 0.759. The fraction of sp³-hybridized carbons (Fsp3) is 0.227. The molecule has 0 unspecified atom stereocenters. The van der Waals surface area contributed by atoms with Crippen LogP contribution in [0, 0.1) is 6.92 Å². The van der Waals surface area contributed by atoms with Gasteiger partial charge in [0.25, 0.3) is 5.91 Å². The molecule has 2 heterocycles. The first-order chi connectivity index (χ1) is 13.7. The molecule has 1 aliphatic rings. The molecule has 0 atom stereocenters. The summed E-state index contributed by atoms with van der Waals surface area (Å²) in [5.41, 5.74) is 2.94. The van der Waals surface area contributed by atoms with Crippen LogP contribution in [-0.4, -0.2) is 47.2 Å². The Morgan fingerprint density at radius 3 is 2.21 bits per heavy atom. The van der Waals surface area contributed by atoms with Crippen LogP contribution in [0.15, 0.2) is 66.7 Å². The minimum absolute atomic E-state index is 0.0870. The van der Waals surface area contributed by atoms with E-state index in [9.17, 15) is 4.79 Å². The number of nitrogens with one attached hydrogen (secondary N) is 1. The molecular weight excluding hydrogens is 350 g/mol. The lowest BCUT2D eigenvalue weighted by Gasteiger charge is -2.35. The number of amides is 1. The lowest BCUT2D eigenvalue weighted by Crippen LogP contribution is -2.49. The molecule has 3 aromatic rings. The lowest BCUT2D eigenvalue weighted by atomic mass is 10.2. The molecule has 1 aromatic heterocycles. The van der Waals surface area contributed by atoms with Crippen LogP contribution in [0.1, 0.15) is 15.9 Å². The number of nitrogens with zero attached hydrogens (tertiary/aromatic N) is 4. The van der Waals surface area contributed by atoms with Crippen LogP contribution in [0.2, 0.25) is 0 Å². The SMILES string of the molecule is Cc1ccc(Nc2ccc(N3CCN(C(=O)c4ccccc4)CC3)nn2)cc1. The highest BCUT2D eigenvalue weighted by atomic mass is 16.2. The Morgan fingerprint density at radius 2 is 1.57 bits per heavy atom. The molecule has 6 heteroatoms. The molecule has 1 fully saturated rings. The second-order valence-electron chi connectivity index (χ2n) is 6.91. The molecule has 0 saturated carbocycles. The fourth-order valence-corrected chi connectivity index (χ4v) is 3.25. The molecule has 142 valence electrons. The molecule has 6 nitrogen and oxygen atoms in total. The van der Waals surface area contributed by atoms with Crippen molar-refractivity contribution in [3.63, 3.8) is 0 Å².